The van der Waals surface area contributed by atoms with Crippen LogP contribution in [0.4, 0.5) is 0 Å². The average molecular weight is 286 g/mol. The van der Waals surface area contributed by atoms with Crippen molar-refractivity contribution in [3.05, 3.63) is 34.2 Å². The van der Waals surface area contributed by atoms with Crippen LogP contribution in [0.15, 0.2) is 18.2 Å². The smallest absolute Gasteiger partial charge is 0.195 e. The molecule has 3 rings (SSSR count). The van der Waals surface area contributed by atoms with Gasteiger partial charge in [0.15, 0.2) is 10.6 Å². The Kier molecular flexibility index (Phi) is 3.01. The maximum atomic E-state index is 5.26. The summed E-state index contributed by atoms with van der Waals surface area (Å²) in [5.41, 5.74) is 4.97. The van der Waals surface area contributed by atoms with Gasteiger partial charge >= 0.3 is 0 Å². The minimum atomic E-state index is 0.670. The standard InChI is InChI=1S/C15H18N4S/c1-5-19-14(16-17-15(19)20)11-6-7-13-12(8-11)9(2)10(3)18(13)4/h6-8H,5H2,1-4H3,(H,17,20). The summed E-state index contributed by atoms with van der Waals surface area (Å²) < 4.78 is 4.91. The summed E-state index contributed by atoms with van der Waals surface area (Å²) in [5.74, 6) is 0.903. The molecule has 1 aromatic carbocycles. The van der Waals surface area contributed by atoms with E-state index in [1.165, 1.54) is 22.2 Å². The highest BCUT2D eigenvalue weighted by Crippen LogP contribution is 2.28. The Morgan fingerprint density at radius 2 is 2.05 bits per heavy atom. The van der Waals surface area contributed by atoms with Gasteiger partial charge in [-0.1, -0.05) is 0 Å². The van der Waals surface area contributed by atoms with Crippen molar-refractivity contribution in [3.63, 3.8) is 0 Å². The largest absolute Gasteiger partial charge is 0.348 e. The van der Waals surface area contributed by atoms with E-state index in [-0.39, 0.29) is 0 Å². The van der Waals surface area contributed by atoms with Gasteiger partial charge in [-0.25, -0.2) is 0 Å². The molecule has 5 heteroatoms. The number of nitrogens with one attached hydrogen (secondary N) is 1. The van der Waals surface area contributed by atoms with Crippen molar-refractivity contribution in [3.8, 4) is 11.4 Å². The Bertz CT molecular complexity index is 851. The van der Waals surface area contributed by atoms with Crippen molar-refractivity contribution in [2.45, 2.75) is 27.3 Å². The van der Waals surface area contributed by atoms with Crippen LogP contribution in [0.2, 0.25) is 0 Å². The number of benzene rings is 1. The van der Waals surface area contributed by atoms with Crippen LogP contribution in [0, 0.1) is 18.6 Å². The van der Waals surface area contributed by atoms with Crippen molar-refractivity contribution >= 4 is 23.1 Å². The molecule has 0 spiro atoms. The molecule has 0 atom stereocenters. The quantitative estimate of drug-likeness (QED) is 0.729. The number of aryl methyl sites for hydroxylation is 2. The Morgan fingerprint density at radius 1 is 1.30 bits per heavy atom. The van der Waals surface area contributed by atoms with Gasteiger partial charge < -0.3 is 9.13 Å². The predicted molar refractivity (Wildman–Crippen MR) is 84.5 cm³/mol. The fraction of sp³-hybridized carbons (Fsp3) is 0.333. The number of hydrogen-bond acceptors (Lipinski definition) is 2. The van der Waals surface area contributed by atoms with Crippen LogP contribution in [0.3, 0.4) is 0 Å². The molecule has 4 nitrogen and oxygen atoms in total. The van der Waals surface area contributed by atoms with E-state index >= 15 is 0 Å². The van der Waals surface area contributed by atoms with E-state index in [0.29, 0.717) is 4.77 Å². The Balaban J connectivity index is 2.28. The number of H-pyrrole nitrogens is 1. The lowest BCUT2D eigenvalue weighted by Crippen LogP contribution is -1.97. The van der Waals surface area contributed by atoms with Gasteiger partial charge in [0.1, 0.15) is 0 Å². The summed E-state index contributed by atoms with van der Waals surface area (Å²) in [4.78, 5) is 0. The monoisotopic (exact) mass is 286 g/mol. The van der Waals surface area contributed by atoms with Gasteiger partial charge in [-0.05, 0) is 56.8 Å². The molecule has 20 heavy (non-hydrogen) atoms. The van der Waals surface area contributed by atoms with Crippen molar-refractivity contribution in [2.75, 3.05) is 0 Å². The van der Waals surface area contributed by atoms with Gasteiger partial charge in [0.05, 0.1) is 0 Å². The second-order valence-corrected chi connectivity index (χ2v) is 5.48. The molecule has 0 saturated heterocycles. The highest BCUT2D eigenvalue weighted by Gasteiger charge is 2.12. The summed E-state index contributed by atoms with van der Waals surface area (Å²) in [6.07, 6.45) is 0. The molecular formula is C15H18N4S. The summed E-state index contributed by atoms with van der Waals surface area (Å²) >= 11 is 5.26. The lowest BCUT2D eigenvalue weighted by atomic mass is 10.1. The van der Waals surface area contributed by atoms with Crippen LogP contribution in [-0.4, -0.2) is 19.3 Å². The second-order valence-electron chi connectivity index (χ2n) is 5.10. The van der Waals surface area contributed by atoms with Crippen molar-refractivity contribution < 1.29 is 0 Å². The van der Waals surface area contributed by atoms with Gasteiger partial charge in [0, 0.05) is 35.8 Å². The van der Waals surface area contributed by atoms with Gasteiger partial charge in [0.25, 0.3) is 0 Å². The molecule has 0 bridgehead atoms. The zero-order valence-corrected chi connectivity index (χ0v) is 13.0. The summed E-state index contributed by atoms with van der Waals surface area (Å²) in [5, 5.41) is 8.51. The summed E-state index contributed by atoms with van der Waals surface area (Å²) in [7, 11) is 2.10. The van der Waals surface area contributed by atoms with Crippen LogP contribution >= 0.6 is 12.2 Å². The van der Waals surface area contributed by atoms with E-state index in [1.54, 1.807) is 0 Å². The van der Waals surface area contributed by atoms with E-state index in [0.717, 1.165) is 17.9 Å². The predicted octanol–water partition coefficient (Wildman–Crippen LogP) is 3.74. The molecule has 3 aromatic rings. The summed E-state index contributed by atoms with van der Waals surface area (Å²) in [6, 6.07) is 6.47. The molecule has 0 aliphatic rings. The molecule has 0 aliphatic carbocycles. The van der Waals surface area contributed by atoms with Gasteiger partial charge in [-0.15, -0.1) is 0 Å². The minimum Gasteiger partial charge on any atom is -0.348 e. The maximum absolute atomic E-state index is 5.26. The normalized spacial score (nSPS) is 11.4. The lowest BCUT2D eigenvalue weighted by Gasteiger charge is -2.04. The average Bonchev–Trinajstić information content (AvgIpc) is 2.93. The first-order valence-corrected chi connectivity index (χ1v) is 7.16. The van der Waals surface area contributed by atoms with Crippen molar-refractivity contribution in [1.82, 2.24) is 19.3 Å². The second kappa shape index (κ2) is 4.59. The Hall–Kier alpha value is -1.88. The molecule has 2 aromatic heterocycles. The van der Waals surface area contributed by atoms with Gasteiger partial charge in [-0.3, -0.25) is 5.10 Å². The van der Waals surface area contributed by atoms with Gasteiger partial charge in [-0.2, -0.15) is 5.10 Å². The number of nitrogens with zero attached hydrogens (tertiary/aromatic N) is 3. The van der Waals surface area contributed by atoms with Crippen LogP contribution in [0.1, 0.15) is 18.2 Å². The third-order valence-electron chi connectivity index (χ3n) is 4.14. The van der Waals surface area contributed by atoms with E-state index in [2.05, 4.69) is 60.8 Å². The number of fused-ring (bicyclic) bond motifs is 1. The maximum Gasteiger partial charge on any atom is 0.195 e. The molecule has 104 valence electrons. The Morgan fingerprint density at radius 3 is 2.75 bits per heavy atom. The molecule has 0 aliphatic heterocycles. The van der Waals surface area contributed by atoms with Crippen LogP contribution < -0.4 is 0 Å². The molecule has 0 unspecified atom stereocenters. The van der Waals surface area contributed by atoms with Crippen molar-refractivity contribution in [2.24, 2.45) is 7.05 Å². The summed E-state index contributed by atoms with van der Waals surface area (Å²) in [6.45, 7) is 7.20. The third kappa shape index (κ3) is 1.73. The van der Waals surface area contributed by atoms with Crippen LogP contribution in [0.25, 0.3) is 22.3 Å². The molecule has 0 fully saturated rings. The van der Waals surface area contributed by atoms with E-state index in [9.17, 15) is 0 Å². The molecule has 0 saturated carbocycles. The zero-order valence-electron chi connectivity index (χ0n) is 12.2. The number of rotatable bonds is 2. The zero-order chi connectivity index (χ0) is 14.4. The number of aromatic nitrogens is 4. The van der Waals surface area contributed by atoms with Crippen LogP contribution in [0.5, 0.6) is 0 Å². The van der Waals surface area contributed by atoms with Crippen LogP contribution in [-0.2, 0) is 13.6 Å². The van der Waals surface area contributed by atoms with Gasteiger partial charge in [0.2, 0.25) is 0 Å². The third-order valence-corrected chi connectivity index (χ3v) is 4.45. The molecule has 0 radical (unpaired) electrons. The number of aromatic amines is 1. The first-order chi connectivity index (χ1) is 9.54. The van der Waals surface area contributed by atoms with E-state index in [1.807, 2.05) is 4.57 Å². The van der Waals surface area contributed by atoms with Crippen molar-refractivity contribution in [1.29, 1.82) is 0 Å². The highest BCUT2D eigenvalue weighted by atomic mass is 32.1. The molecule has 2 heterocycles. The van der Waals surface area contributed by atoms with E-state index in [4.69, 9.17) is 12.2 Å². The topological polar surface area (TPSA) is 38.5 Å². The number of hydrogen-bond donors (Lipinski definition) is 1. The van der Waals surface area contributed by atoms with E-state index < -0.39 is 0 Å². The minimum absolute atomic E-state index is 0.670. The fourth-order valence-corrected chi connectivity index (χ4v) is 2.99. The first kappa shape index (κ1) is 13.1. The SMILES string of the molecule is CCn1c(-c2ccc3c(c2)c(C)c(C)n3C)n[nH]c1=S. The Labute approximate surface area is 123 Å². The first-order valence-electron chi connectivity index (χ1n) is 6.75. The molecule has 0 amide bonds. The molecular weight excluding hydrogens is 268 g/mol. The fourth-order valence-electron chi connectivity index (χ4n) is 2.73. The molecule has 1 N–H and O–H groups in total. The highest BCUT2D eigenvalue weighted by molar-refractivity contribution is 7.71. The lowest BCUT2D eigenvalue weighted by molar-refractivity contribution is 0.756.